The summed E-state index contributed by atoms with van der Waals surface area (Å²) in [7, 11) is 7.01. The molecule has 0 atom stereocenters. The molecule has 18 heavy (non-hydrogen) atoms. The van der Waals surface area contributed by atoms with Crippen LogP contribution in [0.2, 0.25) is 5.02 Å². The maximum Gasteiger partial charge on any atom is 0.236 e. The molecule has 1 rings (SSSR count). The van der Waals surface area contributed by atoms with Crippen LogP contribution in [-0.2, 0) is 11.3 Å². The van der Waals surface area contributed by atoms with Crippen LogP contribution in [-0.4, -0.2) is 50.5 Å². The maximum atomic E-state index is 11.6. The van der Waals surface area contributed by atoms with Crippen LogP contribution in [0.3, 0.4) is 0 Å². The summed E-state index contributed by atoms with van der Waals surface area (Å²) >= 11 is 5.96. The van der Waals surface area contributed by atoms with E-state index in [1.54, 1.807) is 32.2 Å². The molecule has 1 aromatic carbocycles. The van der Waals surface area contributed by atoms with Gasteiger partial charge in [0.2, 0.25) is 5.91 Å². The van der Waals surface area contributed by atoms with Crippen molar-refractivity contribution >= 4 is 17.5 Å². The predicted molar refractivity (Wildman–Crippen MR) is 73.0 cm³/mol. The van der Waals surface area contributed by atoms with Crippen LogP contribution in [0.15, 0.2) is 18.2 Å². The Kier molecular flexibility index (Phi) is 5.44. The van der Waals surface area contributed by atoms with E-state index in [2.05, 4.69) is 0 Å². The van der Waals surface area contributed by atoms with Crippen LogP contribution in [0.1, 0.15) is 5.56 Å². The number of halogens is 1. The number of methoxy groups -OCH3 is 1. The van der Waals surface area contributed by atoms with Gasteiger partial charge in [-0.2, -0.15) is 0 Å². The van der Waals surface area contributed by atoms with Crippen molar-refractivity contribution in [2.45, 2.75) is 6.54 Å². The minimum absolute atomic E-state index is 0.0681. The highest BCUT2D eigenvalue weighted by Crippen LogP contribution is 2.23. The monoisotopic (exact) mass is 270 g/mol. The topological polar surface area (TPSA) is 32.8 Å². The Morgan fingerprint density at radius 2 is 2.00 bits per heavy atom. The predicted octanol–water partition coefficient (Wildman–Crippen LogP) is 1.87. The fourth-order valence-electron chi connectivity index (χ4n) is 1.59. The van der Waals surface area contributed by atoms with Crippen molar-refractivity contribution in [3.05, 3.63) is 28.8 Å². The van der Waals surface area contributed by atoms with Gasteiger partial charge in [0.1, 0.15) is 5.75 Å². The Labute approximate surface area is 113 Å². The molecule has 0 aliphatic carbocycles. The molecule has 0 aliphatic rings. The van der Waals surface area contributed by atoms with Gasteiger partial charge in [0, 0.05) is 31.2 Å². The largest absolute Gasteiger partial charge is 0.496 e. The molecule has 0 bridgehead atoms. The van der Waals surface area contributed by atoms with E-state index in [1.807, 2.05) is 24.1 Å². The smallest absolute Gasteiger partial charge is 0.236 e. The van der Waals surface area contributed by atoms with Gasteiger partial charge in [-0.1, -0.05) is 11.6 Å². The van der Waals surface area contributed by atoms with E-state index in [1.165, 1.54) is 0 Å². The quantitative estimate of drug-likeness (QED) is 0.819. The first-order chi connectivity index (χ1) is 8.43. The van der Waals surface area contributed by atoms with Crippen LogP contribution in [0.5, 0.6) is 5.75 Å². The lowest BCUT2D eigenvalue weighted by Gasteiger charge is -2.20. The highest BCUT2D eigenvalue weighted by molar-refractivity contribution is 6.30. The molecule has 0 radical (unpaired) electrons. The fraction of sp³-hybridized carbons (Fsp3) is 0.462. The molecule has 0 aromatic heterocycles. The van der Waals surface area contributed by atoms with Crippen molar-refractivity contribution in [1.82, 2.24) is 9.80 Å². The first kappa shape index (κ1) is 14.8. The molecule has 5 heteroatoms. The summed E-state index contributed by atoms with van der Waals surface area (Å²) in [4.78, 5) is 15.1. The molecule has 0 fully saturated rings. The molecule has 0 aliphatic heterocycles. The van der Waals surface area contributed by atoms with Gasteiger partial charge in [0.25, 0.3) is 0 Å². The van der Waals surface area contributed by atoms with Crippen LogP contribution in [0.25, 0.3) is 0 Å². The number of benzene rings is 1. The second kappa shape index (κ2) is 6.61. The summed E-state index contributed by atoms with van der Waals surface area (Å²) in [6, 6.07) is 5.48. The molecule has 1 amide bonds. The third-order valence-corrected chi connectivity index (χ3v) is 2.82. The van der Waals surface area contributed by atoms with Gasteiger partial charge in [-0.3, -0.25) is 9.69 Å². The third kappa shape index (κ3) is 4.20. The van der Waals surface area contributed by atoms with Crippen molar-refractivity contribution in [2.24, 2.45) is 0 Å². The molecule has 1 aromatic rings. The lowest BCUT2D eigenvalue weighted by Crippen LogP contribution is -2.34. The Morgan fingerprint density at radius 1 is 1.33 bits per heavy atom. The van der Waals surface area contributed by atoms with Crippen molar-refractivity contribution in [3.63, 3.8) is 0 Å². The fourth-order valence-corrected chi connectivity index (χ4v) is 1.78. The van der Waals surface area contributed by atoms with Gasteiger partial charge < -0.3 is 9.64 Å². The van der Waals surface area contributed by atoms with Crippen molar-refractivity contribution in [1.29, 1.82) is 0 Å². The van der Waals surface area contributed by atoms with Crippen LogP contribution < -0.4 is 4.74 Å². The number of amides is 1. The van der Waals surface area contributed by atoms with Crippen LogP contribution in [0, 0.1) is 0 Å². The molecule has 100 valence electrons. The molecule has 0 N–H and O–H groups in total. The number of carbonyl (C=O) groups excluding carboxylic acids is 1. The Balaban J connectivity index is 2.72. The summed E-state index contributed by atoms with van der Waals surface area (Å²) in [6.07, 6.45) is 0. The van der Waals surface area contributed by atoms with Crippen LogP contribution in [0.4, 0.5) is 0 Å². The lowest BCUT2D eigenvalue weighted by molar-refractivity contribution is -0.129. The highest BCUT2D eigenvalue weighted by atomic mass is 35.5. The molecule has 4 nitrogen and oxygen atoms in total. The van der Waals surface area contributed by atoms with E-state index in [0.717, 1.165) is 11.3 Å². The average Bonchev–Trinajstić information content (AvgIpc) is 2.28. The summed E-state index contributed by atoms with van der Waals surface area (Å²) in [5.41, 5.74) is 0.971. The Hall–Kier alpha value is -1.26. The normalized spacial score (nSPS) is 10.6. The van der Waals surface area contributed by atoms with Gasteiger partial charge in [-0.05, 0) is 25.2 Å². The minimum atomic E-state index is 0.0681. The van der Waals surface area contributed by atoms with E-state index in [9.17, 15) is 4.79 Å². The van der Waals surface area contributed by atoms with E-state index < -0.39 is 0 Å². The third-order valence-electron chi connectivity index (χ3n) is 2.59. The number of rotatable bonds is 5. The Morgan fingerprint density at radius 3 is 2.56 bits per heavy atom. The number of carbonyl (C=O) groups is 1. The van der Waals surface area contributed by atoms with Gasteiger partial charge in [0.05, 0.1) is 13.7 Å². The summed E-state index contributed by atoms with van der Waals surface area (Å²) in [6.45, 7) is 0.978. The second-order valence-corrected chi connectivity index (χ2v) is 4.85. The molecule has 0 saturated carbocycles. The van der Waals surface area contributed by atoms with E-state index in [0.29, 0.717) is 18.1 Å². The standard InChI is InChI=1S/C13H19ClN2O2/c1-15(2)13(17)9-16(3)8-10-7-11(14)5-6-12(10)18-4/h5-7H,8-9H2,1-4H3. The van der Waals surface area contributed by atoms with Gasteiger partial charge in [-0.15, -0.1) is 0 Å². The number of nitrogens with zero attached hydrogens (tertiary/aromatic N) is 2. The van der Waals surface area contributed by atoms with Crippen molar-refractivity contribution in [2.75, 3.05) is 34.8 Å². The molecular formula is C13H19ClN2O2. The molecule has 0 saturated heterocycles. The molecule has 0 spiro atoms. The number of likely N-dealkylation sites (N-methyl/N-ethyl adjacent to an activating group) is 2. The molecule has 0 unspecified atom stereocenters. The zero-order chi connectivity index (χ0) is 13.7. The highest BCUT2D eigenvalue weighted by Gasteiger charge is 2.11. The van der Waals surface area contributed by atoms with E-state index in [4.69, 9.17) is 16.3 Å². The van der Waals surface area contributed by atoms with Gasteiger partial charge >= 0.3 is 0 Å². The maximum absolute atomic E-state index is 11.6. The van der Waals surface area contributed by atoms with Crippen LogP contribution >= 0.6 is 11.6 Å². The lowest BCUT2D eigenvalue weighted by atomic mass is 10.2. The number of hydrogen-bond donors (Lipinski definition) is 0. The average molecular weight is 271 g/mol. The number of hydrogen-bond acceptors (Lipinski definition) is 3. The van der Waals surface area contributed by atoms with Crippen molar-refractivity contribution < 1.29 is 9.53 Å². The van der Waals surface area contributed by atoms with E-state index in [-0.39, 0.29) is 5.91 Å². The minimum Gasteiger partial charge on any atom is -0.496 e. The number of ether oxygens (including phenoxy) is 1. The molecular weight excluding hydrogens is 252 g/mol. The zero-order valence-corrected chi connectivity index (χ0v) is 12.0. The summed E-state index contributed by atoms with van der Waals surface area (Å²) < 4.78 is 5.27. The molecule has 0 heterocycles. The second-order valence-electron chi connectivity index (χ2n) is 4.42. The van der Waals surface area contributed by atoms with Gasteiger partial charge in [0.15, 0.2) is 0 Å². The van der Waals surface area contributed by atoms with Crippen molar-refractivity contribution in [3.8, 4) is 5.75 Å². The van der Waals surface area contributed by atoms with Gasteiger partial charge in [-0.25, -0.2) is 0 Å². The SMILES string of the molecule is COc1ccc(Cl)cc1CN(C)CC(=O)N(C)C. The first-order valence-electron chi connectivity index (χ1n) is 5.65. The zero-order valence-electron chi connectivity index (χ0n) is 11.2. The Bertz CT molecular complexity index is 421. The van der Waals surface area contributed by atoms with E-state index >= 15 is 0 Å². The summed E-state index contributed by atoms with van der Waals surface area (Å²) in [5.74, 6) is 0.849. The first-order valence-corrected chi connectivity index (χ1v) is 6.03. The summed E-state index contributed by atoms with van der Waals surface area (Å²) in [5, 5.41) is 0.665.